The van der Waals surface area contributed by atoms with Gasteiger partial charge in [-0.3, -0.25) is 4.79 Å². The summed E-state index contributed by atoms with van der Waals surface area (Å²) in [5.41, 5.74) is 3.28. The zero-order valence-electron chi connectivity index (χ0n) is 15.9. The molecule has 0 saturated carbocycles. The largest absolute Gasteiger partial charge is 0.481 e. The molecule has 29 heavy (non-hydrogen) atoms. The highest BCUT2D eigenvalue weighted by atomic mass is 35.5. The van der Waals surface area contributed by atoms with Crippen LogP contribution in [0.5, 0.6) is 5.75 Å². The predicted molar refractivity (Wildman–Crippen MR) is 113 cm³/mol. The summed E-state index contributed by atoms with van der Waals surface area (Å²) < 4.78 is 10.6. The maximum Gasteiger partial charge on any atom is 0.344 e. The molecule has 0 unspecified atom stereocenters. The van der Waals surface area contributed by atoms with E-state index >= 15 is 0 Å². The number of aryl methyl sites for hydroxylation is 1. The lowest BCUT2D eigenvalue weighted by atomic mass is 10.1. The molecule has 0 aliphatic carbocycles. The molecule has 1 amide bonds. The van der Waals surface area contributed by atoms with Crippen molar-refractivity contribution in [2.45, 2.75) is 6.92 Å². The van der Waals surface area contributed by atoms with Gasteiger partial charge in [0.1, 0.15) is 5.75 Å². The van der Waals surface area contributed by atoms with Crippen molar-refractivity contribution in [2.24, 2.45) is 0 Å². The smallest absolute Gasteiger partial charge is 0.344 e. The fraction of sp³-hybridized carbons (Fsp3) is 0.130. The normalized spacial score (nSPS) is 10.3. The van der Waals surface area contributed by atoms with E-state index in [1.807, 2.05) is 55.5 Å². The van der Waals surface area contributed by atoms with Crippen molar-refractivity contribution < 1.29 is 19.1 Å². The molecule has 1 N–H and O–H groups in total. The highest BCUT2D eigenvalue weighted by Crippen LogP contribution is 2.29. The van der Waals surface area contributed by atoms with Gasteiger partial charge in [-0.05, 0) is 42.3 Å². The number of rotatable bonds is 7. The van der Waals surface area contributed by atoms with Crippen molar-refractivity contribution in [3.05, 3.63) is 83.4 Å². The van der Waals surface area contributed by atoms with Crippen molar-refractivity contribution in [1.82, 2.24) is 0 Å². The van der Waals surface area contributed by atoms with E-state index in [1.165, 1.54) is 0 Å². The Labute approximate surface area is 174 Å². The number of benzene rings is 3. The Morgan fingerprint density at radius 3 is 2.41 bits per heavy atom. The van der Waals surface area contributed by atoms with Crippen molar-refractivity contribution >= 4 is 29.2 Å². The Balaban J connectivity index is 1.51. The Bertz CT molecular complexity index is 1000. The molecule has 3 aromatic carbocycles. The third-order valence-corrected chi connectivity index (χ3v) is 4.38. The average Bonchev–Trinajstić information content (AvgIpc) is 2.73. The van der Waals surface area contributed by atoms with Gasteiger partial charge in [-0.1, -0.05) is 60.1 Å². The number of ether oxygens (including phenoxy) is 2. The summed E-state index contributed by atoms with van der Waals surface area (Å²) in [7, 11) is 0. The Morgan fingerprint density at radius 2 is 1.66 bits per heavy atom. The quantitative estimate of drug-likeness (QED) is 0.565. The molecule has 0 spiro atoms. The number of carbonyl (C=O) groups excluding carboxylic acids is 2. The molecule has 0 atom stereocenters. The second-order valence-electron chi connectivity index (χ2n) is 6.32. The van der Waals surface area contributed by atoms with Gasteiger partial charge in [0.2, 0.25) is 0 Å². The van der Waals surface area contributed by atoms with Crippen LogP contribution in [0.4, 0.5) is 5.69 Å². The molecule has 0 aliphatic heterocycles. The fourth-order valence-corrected chi connectivity index (χ4v) is 2.95. The highest BCUT2D eigenvalue weighted by molar-refractivity contribution is 6.30. The van der Waals surface area contributed by atoms with Crippen molar-refractivity contribution in [3.63, 3.8) is 0 Å². The van der Waals surface area contributed by atoms with Crippen LogP contribution in [-0.4, -0.2) is 25.1 Å². The first-order valence-electron chi connectivity index (χ1n) is 9.02. The first-order valence-corrected chi connectivity index (χ1v) is 9.39. The third kappa shape index (κ3) is 5.83. The van der Waals surface area contributed by atoms with Crippen LogP contribution in [0.15, 0.2) is 72.8 Å². The maximum atomic E-state index is 12.0. The highest BCUT2D eigenvalue weighted by Gasteiger charge is 2.12. The molecular weight excluding hydrogens is 390 g/mol. The van der Waals surface area contributed by atoms with Crippen LogP contribution < -0.4 is 10.1 Å². The molecule has 0 aromatic heterocycles. The van der Waals surface area contributed by atoms with Crippen LogP contribution in [0.1, 0.15) is 5.56 Å². The number of hydrogen-bond acceptors (Lipinski definition) is 4. The molecule has 0 saturated heterocycles. The lowest BCUT2D eigenvalue weighted by Crippen LogP contribution is -2.24. The zero-order valence-corrected chi connectivity index (χ0v) is 16.6. The minimum absolute atomic E-state index is 0.295. The Morgan fingerprint density at radius 1 is 0.931 bits per heavy atom. The SMILES string of the molecule is Cc1cc(Cl)ccc1NC(=O)COC(=O)COc1ccccc1-c1ccccc1. The van der Waals surface area contributed by atoms with Gasteiger partial charge >= 0.3 is 5.97 Å². The lowest BCUT2D eigenvalue weighted by molar-refractivity contribution is -0.149. The van der Waals surface area contributed by atoms with Crippen LogP contribution >= 0.6 is 11.6 Å². The van der Waals surface area contributed by atoms with Crippen LogP contribution in [0.2, 0.25) is 5.02 Å². The van der Waals surface area contributed by atoms with E-state index in [0.717, 1.165) is 16.7 Å². The molecule has 148 valence electrons. The minimum Gasteiger partial charge on any atom is -0.481 e. The van der Waals surface area contributed by atoms with Crippen molar-refractivity contribution in [3.8, 4) is 16.9 Å². The van der Waals surface area contributed by atoms with Crippen LogP contribution in [-0.2, 0) is 14.3 Å². The monoisotopic (exact) mass is 409 g/mol. The Hall–Kier alpha value is -3.31. The van der Waals surface area contributed by atoms with Crippen LogP contribution in [0.3, 0.4) is 0 Å². The van der Waals surface area contributed by atoms with Gasteiger partial charge in [-0.15, -0.1) is 0 Å². The molecular formula is C23H20ClNO4. The first-order chi connectivity index (χ1) is 14.0. The van der Waals surface area contributed by atoms with Crippen molar-refractivity contribution in [1.29, 1.82) is 0 Å². The van der Waals surface area contributed by atoms with Gasteiger partial charge in [-0.2, -0.15) is 0 Å². The molecule has 0 aliphatic rings. The number of anilines is 1. The summed E-state index contributed by atoms with van der Waals surface area (Å²) in [6.45, 7) is 1.13. The van der Waals surface area contributed by atoms with E-state index in [0.29, 0.717) is 16.5 Å². The van der Waals surface area contributed by atoms with E-state index in [1.54, 1.807) is 24.3 Å². The summed E-state index contributed by atoms with van der Waals surface area (Å²) in [5, 5.41) is 3.26. The van der Waals surface area contributed by atoms with Gasteiger partial charge in [-0.25, -0.2) is 4.79 Å². The number of carbonyl (C=O) groups is 2. The van der Waals surface area contributed by atoms with Crippen LogP contribution in [0, 0.1) is 6.92 Å². The van der Waals surface area contributed by atoms with E-state index in [9.17, 15) is 9.59 Å². The van der Waals surface area contributed by atoms with Gasteiger partial charge in [0.15, 0.2) is 13.2 Å². The minimum atomic E-state index is -0.629. The molecule has 5 nitrogen and oxygen atoms in total. The lowest BCUT2D eigenvalue weighted by Gasteiger charge is -2.12. The summed E-state index contributed by atoms with van der Waals surface area (Å²) in [5.74, 6) is -0.499. The van der Waals surface area contributed by atoms with Gasteiger partial charge in [0.05, 0.1) is 0 Å². The van der Waals surface area contributed by atoms with E-state index < -0.39 is 18.5 Å². The number of amides is 1. The second kappa shape index (κ2) is 9.75. The van der Waals surface area contributed by atoms with Gasteiger partial charge in [0, 0.05) is 16.3 Å². The fourth-order valence-electron chi connectivity index (χ4n) is 2.73. The second-order valence-corrected chi connectivity index (χ2v) is 6.76. The Kier molecular flexibility index (Phi) is 6.87. The van der Waals surface area contributed by atoms with E-state index in [2.05, 4.69) is 5.32 Å². The molecule has 0 fully saturated rings. The molecule has 0 heterocycles. The summed E-state index contributed by atoms with van der Waals surface area (Å²) in [4.78, 5) is 24.0. The number of para-hydroxylation sites is 1. The van der Waals surface area contributed by atoms with Gasteiger partial charge in [0.25, 0.3) is 5.91 Å². The molecule has 6 heteroatoms. The maximum absolute atomic E-state index is 12.0. The zero-order chi connectivity index (χ0) is 20.6. The summed E-state index contributed by atoms with van der Waals surface area (Å²) >= 11 is 5.90. The molecule has 0 bridgehead atoms. The average molecular weight is 410 g/mol. The summed E-state index contributed by atoms with van der Waals surface area (Å²) in [6, 6.07) is 22.3. The summed E-state index contributed by atoms with van der Waals surface area (Å²) in [6.07, 6.45) is 0. The van der Waals surface area contributed by atoms with Crippen molar-refractivity contribution in [2.75, 3.05) is 18.5 Å². The number of nitrogens with one attached hydrogen (secondary N) is 1. The van der Waals surface area contributed by atoms with Gasteiger partial charge < -0.3 is 14.8 Å². The van der Waals surface area contributed by atoms with E-state index in [4.69, 9.17) is 21.1 Å². The first kappa shape index (κ1) is 20.4. The number of hydrogen-bond donors (Lipinski definition) is 1. The van der Waals surface area contributed by atoms with Crippen LogP contribution in [0.25, 0.3) is 11.1 Å². The topological polar surface area (TPSA) is 64.6 Å². The number of esters is 1. The molecule has 3 aromatic rings. The number of halogens is 1. The molecule has 0 radical (unpaired) electrons. The third-order valence-electron chi connectivity index (χ3n) is 4.14. The molecule has 3 rings (SSSR count). The van der Waals surface area contributed by atoms with E-state index in [-0.39, 0.29) is 6.61 Å². The predicted octanol–water partition coefficient (Wildman–Crippen LogP) is 4.88. The standard InChI is InChI=1S/C23H20ClNO4/c1-16-13-18(24)11-12-20(16)25-22(26)14-29-23(27)15-28-21-10-6-5-9-19(21)17-7-3-2-4-8-17/h2-13H,14-15H2,1H3,(H,25,26).